The quantitative estimate of drug-likeness (QED) is 0.845. The lowest BCUT2D eigenvalue weighted by Gasteiger charge is -2.43. The van der Waals surface area contributed by atoms with Gasteiger partial charge in [0.05, 0.1) is 0 Å². The van der Waals surface area contributed by atoms with Gasteiger partial charge in [-0.05, 0) is 49.2 Å². The number of carbonyl (C=O) groups is 1. The molecule has 0 spiro atoms. The van der Waals surface area contributed by atoms with Crippen molar-refractivity contribution in [2.75, 3.05) is 19.6 Å². The second-order valence-corrected chi connectivity index (χ2v) is 6.94. The van der Waals surface area contributed by atoms with Crippen molar-refractivity contribution in [3.05, 3.63) is 35.9 Å². The van der Waals surface area contributed by atoms with E-state index >= 15 is 0 Å². The average Bonchev–Trinajstić information content (AvgIpc) is 2.40. The molecular formula is C18H27ClN2O. The summed E-state index contributed by atoms with van der Waals surface area (Å²) in [5.74, 6) is 0.900. The maximum atomic E-state index is 12.3. The smallest absolute Gasteiger partial charge is 0.223 e. The van der Waals surface area contributed by atoms with Crippen molar-refractivity contribution in [3.8, 4) is 0 Å². The van der Waals surface area contributed by atoms with Gasteiger partial charge >= 0.3 is 0 Å². The van der Waals surface area contributed by atoms with Crippen LogP contribution in [0, 0.1) is 17.3 Å². The third-order valence-electron chi connectivity index (χ3n) is 5.41. The van der Waals surface area contributed by atoms with Crippen molar-refractivity contribution < 1.29 is 4.79 Å². The van der Waals surface area contributed by atoms with Crippen LogP contribution in [-0.2, 0) is 11.2 Å². The molecule has 1 heterocycles. The van der Waals surface area contributed by atoms with Gasteiger partial charge in [0.1, 0.15) is 0 Å². The summed E-state index contributed by atoms with van der Waals surface area (Å²) in [5, 5.41) is 6.47. The first-order valence-corrected chi connectivity index (χ1v) is 8.21. The Morgan fingerprint density at radius 3 is 2.50 bits per heavy atom. The summed E-state index contributed by atoms with van der Waals surface area (Å²) in [6.45, 7) is 4.88. The third kappa shape index (κ3) is 3.82. The van der Waals surface area contributed by atoms with Gasteiger partial charge in [0.25, 0.3) is 0 Å². The molecule has 1 saturated heterocycles. The molecule has 0 radical (unpaired) electrons. The van der Waals surface area contributed by atoms with Crippen LogP contribution in [0.2, 0.25) is 0 Å². The highest BCUT2D eigenvalue weighted by molar-refractivity contribution is 5.85. The number of hydrogen-bond acceptors (Lipinski definition) is 2. The molecule has 2 N–H and O–H groups in total. The summed E-state index contributed by atoms with van der Waals surface area (Å²) in [6, 6.07) is 10.7. The Labute approximate surface area is 139 Å². The zero-order chi connectivity index (χ0) is 14.7. The highest BCUT2D eigenvalue weighted by atomic mass is 35.5. The molecule has 4 heteroatoms. The molecular weight excluding hydrogens is 296 g/mol. The first kappa shape index (κ1) is 17.3. The normalized spacial score (nSPS) is 21.0. The van der Waals surface area contributed by atoms with Crippen molar-refractivity contribution in [3.63, 3.8) is 0 Å². The number of rotatable bonds is 6. The number of nitrogens with one attached hydrogen (secondary N) is 2. The zero-order valence-electron chi connectivity index (χ0n) is 13.3. The van der Waals surface area contributed by atoms with Gasteiger partial charge in [-0.2, -0.15) is 0 Å². The highest BCUT2D eigenvalue weighted by Gasteiger charge is 2.38. The van der Waals surface area contributed by atoms with Gasteiger partial charge in [0, 0.05) is 12.5 Å². The van der Waals surface area contributed by atoms with E-state index in [4.69, 9.17) is 0 Å². The summed E-state index contributed by atoms with van der Waals surface area (Å²) in [7, 11) is 0. The van der Waals surface area contributed by atoms with Crippen LogP contribution in [0.25, 0.3) is 0 Å². The molecule has 1 aromatic carbocycles. The van der Waals surface area contributed by atoms with Crippen LogP contribution in [0.3, 0.4) is 0 Å². The van der Waals surface area contributed by atoms with E-state index in [9.17, 15) is 4.79 Å². The summed E-state index contributed by atoms with van der Waals surface area (Å²) in [4.78, 5) is 12.3. The minimum absolute atomic E-state index is 0. The average molecular weight is 323 g/mol. The molecule has 1 amide bonds. The molecule has 2 fully saturated rings. The Balaban J connectivity index is 0.00000176. The van der Waals surface area contributed by atoms with Gasteiger partial charge in [-0.25, -0.2) is 0 Å². The summed E-state index contributed by atoms with van der Waals surface area (Å²) in [6.07, 6.45) is 4.86. The molecule has 1 saturated carbocycles. The van der Waals surface area contributed by atoms with Gasteiger partial charge in [-0.15, -0.1) is 12.4 Å². The Kier molecular flexibility index (Phi) is 5.87. The standard InChI is InChI=1S/C18H26N2O.ClH/c1-14(16-11-19-12-16)17(21)20-13-18(8-5-9-18)10-15-6-3-2-4-7-15;/h2-4,6-7,14,16,19H,5,8-13H2,1H3,(H,20,21);1H. The molecule has 0 aromatic heterocycles. The maximum Gasteiger partial charge on any atom is 0.223 e. The first-order chi connectivity index (χ1) is 10.2. The summed E-state index contributed by atoms with van der Waals surface area (Å²) in [5.41, 5.74) is 1.69. The lowest BCUT2D eigenvalue weighted by molar-refractivity contribution is -0.127. The third-order valence-corrected chi connectivity index (χ3v) is 5.41. The summed E-state index contributed by atoms with van der Waals surface area (Å²) < 4.78 is 0. The lowest BCUT2D eigenvalue weighted by Crippen LogP contribution is -2.51. The van der Waals surface area contributed by atoms with E-state index in [0.717, 1.165) is 26.1 Å². The topological polar surface area (TPSA) is 41.1 Å². The number of amides is 1. The predicted molar refractivity (Wildman–Crippen MR) is 92.2 cm³/mol. The van der Waals surface area contributed by atoms with Gasteiger partial charge in [0.2, 0.25) is 5.91 Å². The van der Waals surface area contributed by atoms with E-state index in [1.807, 2.05) is 0 Å². The van der Waals surface area contributed by atoms with Crippen molar-refractivity contribution >= 4 is 18.3 Å². The molecule has 1 aliphatic carbocycles. The van der Waals surface area contributed by atoms with Crippen LogP contribution in [0.5, 0.6) is 0 Å². The van der Waals surface area contributed by atoms with E-state index < -0.39 is 0 Å². The summed E-state index contributed by atoms with van der Waals surface area (Å²) >= 11 is 0. The van der Waals surface area contributed by atoms with Crippen molar-refractivity contribution in [2.45, 2.75) is 32.6 Å². The SMILES string of the molecule is CC(C(=O)NCC1(Cc2ccccc2)CCC1)C1CNC1.Cl. The van der Waals surface area contributed by atoms with E-state index in [-0.39, 0.29) is 24.2 Å². The second-order valence-electron chi connectivity index (χ2n) is 6.94. The number of halogens is 1. The second kappa shape index (κ2) is 7.47. The lowest BCUT2D eigenvalue weighted by atomic mass is 9.65. The first-order valence-electron chi connectivity index (χ1n) is 8.21. The molecule has 2 aliphatic rings. The van der Waals surface area contributed by atoms with Crippen LogP contribution in [0.4, 0.5) is 0 Å². The van der Waals surface area contributed by atoms with Crippen molar-refractivity contribution in [2.24, 2.45) is 17.3 Å². The van der Waals surface area contributed by atoms with Gasteiger partial charge in [0.15, 0.2) is 0 Å². The predicted octanol–water partition coefficient (Wildman–Crippen LogP) is 2.79. The monoisotopic (exact) mass is 322 g/mol. The van der Waals surface area contributed by atoms with Crippen LogP contribution in [0.15, 0.2) is 30.3 Å². The Morgan fingerprint density at radius 2 is 2.00 bits per heavy atom. The molecule has 3 nitrogen and oxygen atoms in total. The molecule has 1 atom stereocenters. The zero-order valence-corrected chi connectivity index (χ0v) is 14.1. The minimum atomic E-state index is 0. The number of carbonyl (C=O) groups excluding carboxylic acids is 1. The maximum absolute atomic E-state index is 12.3. The van der Waals surface area contributed by atoms with Gasteiger partial charge < -0.3 is 10.6 Å². The van der Waals surface area contributed by atoms with E-state index in [2.05, 4.69) is 47.9 Å². The van der Waals surface area contributed by atoms with Crippen LogP contribution in [0.1, 0.15) is 31.7 Å². The largest absolute Gasteiger partial charge is 0.355 e. The van der Waals surface area contributed by atoms with Crippen LogP contribution < -0.4 is 10.6 Å². The molecule has 0 bridgehead atoms. The molecule has 122 valence electrons. The Morgan fingerprint density at radius 1 is 1.32 bits per heavy atom. The van der Waals surface area contributed by atoms with Crippen molar-refractivity contribution in [1.29, 1.82) is 0 Å². The number of benzene rings is 1. The van der Waals surface area contributed by atoms with Crippen LogP contribution in [-0.4, -0.2) is 25.5 Å². The van der Waals surface area contributed by atoms with E-state index in [1.165, 1.54) is 24.8 Å². The minimum Gasteiger partial charge on any atom is -0.355 e. The van der Waals surface area contributed by atoms with E-state index in [0.29, 0.717) is 11.3 Å². The molecule has 1 unspecified atom stereocenters. The van der Waals surface area contributed by atoms with Gasteiger partial charge in [-0.3, -0.25) is 4.79 Å². The molecule has 1 aliphatic heterocycles. The van der Waals surface area contributed by atoms with Crippen LogP contribution >= 0.6 is 12.4 Å². The molecule has 1 aromatic rings. The fraction of sp³-hybridized carbons (Fsp3) is 0.611. The fourth-order valence-corrected chi connectivity index (χ4v) is 3.44. The van der Waals surface area contributed by atoms with Gasteiger partial charge in [-0.1, -0.05) is 43.7 Å². The number of hydrogen-bond donors (Lipinski definition) is 2. The Hall–Kier alpha value is -1.06. The highest BCUT2D eigenvalue weighted by Crippen LogP contribution is 2.43. The molecule has 3 rings (SSSR count). The fourth-order valence-electron chi connectivity index (χ4n) is 3.44. The molecule has 22 heavy (non-hydrogen) atoms. The van der Waals surface area contributed by atoms with E-state index in [1.54, 1.807) is 0 Å². The van der Waals surface area contributed by atoms with Crippen molar-refractivity contribution in [1.82, 2.24) is 10.6 Å². The Bertz CT molecular complexity index is 483.